The molecule has 2 atom stereocenters. The lowest BCUT2D eigenvalue weighted by Gasteiger charge is -2.44. The van der Waals surface area contributed by atoms with Crippen LogP contribution in [0, 0.1) is 5.41 Å². The minimum absolute atomic E-state index is 0.0352. The molecule has 4 aliphatic rings. The molecule has 35 heavy (non-hydrogen) atoms. The summed E-state index contributed by atoms with van der Waals surface area (Å²) in [5.41, 5.74) is 0.838. The molecule has 5 rings (SSSR count). The Bertz CT molecular complexity index is 971. The number of halogens is 1. The lowest BCUT2D eigenvalue weighted by Crippen LogP contribution is -2.60. The molecule has 1 N–H and O–H groups in total. The summed E-state index contributed by atoms with van der Waals surface area (Å²) in [6.07, 6.45) is 4.00. The fraction of sp³-hybridized carbons (Fsp3) is 0.654. The van der Waals surface area contributed by atoms with Crippen molar-refractivity contribution in [2.45, 2.75) is 51.1 Å². The monoisotopic (exact) mass is 501 g/mol. The SMILES string of the molecule is CC(=O)N1CC[C@H]1C(=O)N1CCC2(CC1)C[C@H](CCN1CCN(c3cccc(Cl)c3)CC1)NC2=O. The molecule has 4 aliphatic heterocycles. The van der Waals surface area contributed by atoms with E-state index in [1.165, 1.54) is 12.6 Å². The minimum atomic E-state index is -0.341. The molecule has 0 unspecified atom stereocenters. The van der Waals surface area contributed by atoms with Crippen molar-refractivity contribution in [3.63, 3.8) is 0 Å². The number of piperazine rings is 1. The average molecular weight is 502 g/mol. The summed E-state index contributed by atoms with van der Waals surface area (Å²) < 4.78 is 0. The van der Waals surface area contributed by atoms with E-state index in [0.717, 1.165) is 57.0 Å². The van der Waals surface area contributed by atoms with E-state index in [4.69, 9.17) is 11.6 Å². The average Bonchev–Trinajstić information content (AvgIpc) is 3.12. The van der Waals surface area contributed by atoms with Crippen LogP contribution in [0.15, 0.2) is 24.3 Å². The number of nitrogens with one attached hydrogen (secondary N) is 1. The molecule has 9 heteroatoms. The van der Waals surface area contributed by atoms with Crippen LogP contribution in [0.1, 0.15) is 39.0 Å². The van der Waals surface area contributed by atoms with Crippen molar-refractivity contribution in [3.05, 3.63) is 29.3 Å². The van der Waals surface area contributed by atoms with Gasteiger partial charge in [0.25, 0.3) is 0 Å². The number of nitrogens with zero attached hydrogens (tertiary/aromatic N) is 4. The van der Waals surface area contributed by atoms with E-state index in [9.17, 15) is 14.4 Å². The quantitative estimate of drug-likeness (QED) is 0.667. The van der Waals surface area contributed by atoms with Crippen LogP contribution in [-0.4, -0.2) is 96.9 Å². The van der Waals surface area contributed by atoms with Gasteiger partial charge in [0.05, 0.1) is 5.41 Å². The van der Waals surface area contributed by atoms with Crippen LogP contribution in [0.3, 0.4) is 0 Å². The number of likely N-dealkylation sites (tertiary alicyclic amines) is 2. The van der Waals surface area contributed by atoms with Gasteiger partial charge in [0.2, 0.25) is 17.7 Å². The third-order valence-corrected chi connectivity index (χ3v) is 8.77. The van der Waals surface area contributed by atoms with E-state index in [2.05, 4.69) is 21.2 Å². The Morgan fingerprint density at radius 2 is 1.83 bits per heavy atom. The molecule has 1 aromatic rings. The van der Waals surface area contributed by atoms with Crippen LogP contribution in [0.5, 0.6) is 0 Å². The Morgan fingerprint density at radius 3 is 2.46 bits per heavy atom. The fourth-order valence-corrected chi connectivity index (χ4v) is 6.37. The van der Waals surface area contributed by atoms with Crippen LogP contribution in [0.2, 0.25) is 5.02 Å². The molecule has 0 saturated carbocycles. The predicted octanol–water partition coefficient (Wildman–Crippen LogP) is 1.97. The second-order valence-electron chi connectivity index (χ2n) is 10.6. The zero-order chi connectivity index (χ0) is 24.6. The highest BCUT2D eigenvalue weighted by atomic mass is 35.5. The molecule has 1 aromatic carbocycles. The lowest BCUT2D eigenvalue weighted by molar-refractivity contribution is -0.153. The maximum Gasteiger partial charge on any atom is 0.245 e. The zero-order valence-electron chi connectivity index (χ0n) is 20.5. The number of anilines is 1. The Morgan fingerprint density at radius 1 is 1.09 bits per heavy atom. The van der Waals surface area contributed by atoms with Crippen LogP contribution in [0.25, 0.3) is 0 Å². The largest absolute Gasteiger partial charge is 0.369 e. The minimum Gasteiger partial charge on any atom is -0.369 e. The van der Waals surface area contributed by atoms with Gasteiger partial charge in [0.1, 0.15) is 6.04 Å². The molecule has 0 aromatic heterocycles. The molecule has 0 aliphatic carbocycles. The standard InChI is InChI=1S/C26H36ClN5O3/c1-19(33)32-10-6-23(32)24(34)31-11-7-26(8-12-31)18-21(28-25(26)35)5-9-29-13-15-30(16-14-29)22-4-2-3-20(27)17-22/h2-4,17,21,23H,5-16,18H2,1H3,(H,28,35)/t21-,23-/m0/s1. The molecule has 1 spiro atoms. The Balaban J connectivity index is 1.06. The van der Waals surface area contributed by atoms with Gasteiger partial charge in [-0.3, -0.25) is 19.3 Å². The Kier molecular flexibility index (Phi) is 6.95. The van der Waals surface area contributed by atoms with E-state index >= 15 is 0 Å². The van der Waals surface area contributed by atoms with Gasteiger partial charge in [0, 0.05) is 76.0 Å². The van der Waals surface area contributed by atoms with Gasteiger partial charge in [-0.15, -0.1) is 0 Å². The molecule has 8 nitrogen and oxygen atoms in total. The molecule has 0 bridgehead atoms. The maximum atomic E-state index is 13.0. The van der Waals surface area contributed by atoms with Gasteiger partial charge in [0.15, 0.2) is 0 Å². The number of benzene rings is 1. The smallest absolute Gasteiger partial charge is 0.245 e. The molecule has 4 saturated heterocycles. The first-order valence-corrected chi connectivity index (χ1v) is 13.3. The van der Waals surface area contributed by atoms with Gasteiger partial charge in [-0.25, -0.2) is 0 Å². The Labute approximate surface area is 212 Å². The van der Waals surface area contributed by atoms with Gasteiger partial charge in [-0.2, -0.15) is 0 Å². The summed E-state index contributed by atoms with van der Waals surface area (Å²) >= 11 is 6.15. The van der Waals surface area contributed by atoms with Crippen LogP contribution >= 0.6 is 11.6 Å². The van der Waals surface area contributed by atoms with E-state index in [1.54, 1.807) is 4.90 Å². The molecule has 4 heterocycles. The summed E-state index contributed by atoms with van der Waals surface area (Å²) in [5.74, 6) is 0.175. The van der Waals surface area contributed by atoms with Crippen LogP contribution in [0.4, 0.5) is 5.69 Å². The number of carbonyl (C=O) groups is 3. The fourth-order valence-electron chi connectivity index (χ4n) is 6.19. The highest BCUT2D eigenvalue weighted by molar-refractivity contribution is 6.30. The molecule has 3 amide bonds. The number of hydrogen-bond acceptors (Lipinski definition) is 5. The summed E-state index contributed by atoms with van der Waals surface area (Å²) in [6, 6.07) is 7.94. The van der Waals surface area contributed by atoms with E-state index in [0.29, 0.717) is 32.5 Å². The first-order chi connectivity index (χ1) is 16.8. The van der Waals surface area contributed by atoms with Crippen molar-refractivity contribution in [2.24, 2.45) is 5.41 Å². The predicted molar refractivity (Wildman–Crippen MR) is 135 cm³/mol. The van der Waals surface area contributed by atoms with Crippen molar-refractivity contribution in [1.29, 1.82) is 0 Å². The van der Waals surface area contributed by atoms with Crippen molar-refractivity contribution in [3.8, 4) is 0 Å². The van der Waals surface area contributed by atoms with E-state index < -0.39 is 0 Å². The summed E-state index contributed by atoms with van der Waals surface area (Å²) in [4.78, 5) is 45.9. The van der Waals surface area contributed by atoms with E-state index in [1.807, 2.05) is 23.1 Å². The third-order valence-electron chi connectivity index (χ3n) is 8.53. The van der Waals surface area contributed by atoms with Crippen LogP contribution in [-0.2, 0) is 14.4 Å². The number of rotatable bonds is 5. The first kappa shape index (κ1) is 24.4. The van der Waals surface area contributed by atoms with Crippen molar-refractivity contribution < 1.29 is 14.4 Å². The lowest BCUT2D eigenvalue weighted by atomic mass is 9.75. The van der Waals surface area contributed by atoms with Gasteiger partial charge >= 0.3 is 0 Å². The second-order valence-corrected chi connectivity index (χ2v) is 11.0. The summed E-state index contributed by atoms with van der Waals surface area (Å²) in [7, 11) is 0. The van der Waals surface area contributed by atoms with Gasteiger partial charge in [-0.1, -0.05) is 17.7 Å². The van der Waals surface area contributed by atoms with E-state index in [-0.39, 0.29) is 35.2 Å². The maximum absolute atomic E-state index is 13.0. The highest BCUT2D eigenvalue weighted by Crippen LogP contribution is 2.41. The topological polar surface area (TPSA) is 76.2 Å². The highest BCUT2D eigenvalue weighted by Gasteiger charge is 2.49. The molecule has 0 radical (unpaired) electrons. The zero-order valence-corrected chi connectivity index (χ0v) is 21.3. The Hall–Kier alpha value is -2.32. The number of amides is 3. The second kappa shape index (κ2) is 9.97. The van der Waals surface area contributed by atoms with Crippen LogP contribution < -0.4 is 10.2 Å². The molecule has 190 valence electrons. The number of carbonyl (C=O) groups excluding carboxylic acids is 3. The molecular weight excluding hydrogens is 466 g/mol. The van der Waals surface area contributed by atoms with Crippen molar-refractivity contribution >= 4 is 35.0 Å². The van der Waals surface area contributed by atoms with Crippen molar-refractivity contribution in [1.82, 2.24) is 20.0 Å². The summed E-state index contributed by atoms with van der Waals surface area (Å²) in [6.45, 7) is 8.36. The molecular formula is C26H36ClN5O3. The van der Waals surface area contributed by atoms with Gasteiger partial charge < -0.3 is 20.0 Å². The number of piperidine rings is 1. The van der Waals surface area contributed by atoms with Gasteiger partial charge in [-0.05, 0) is 50.3 Å². The normalized spacial score (nSPS) is 26.6. The molecule has 4 fully saturated rings. The van der Waals surface area contributed by atoms with Crippen molar-refractivity contribution in [2.75, 3.05) is 57.3 Å². The third kappa shape index (κ3) is 5.00. The summed E-state index contributed by atoms with van der Waals surface area (Å²) in [5, 5.41) is 4.03. The first-order valence-electron chi connectivity index (χ1n) is 12.9. The number of hydrogen-bond donors (Lipinski definition) is 1.